The van der Waals surface area contributed by atoms with E-state index < -0.39 is 0 Å². The first-order valence-corrected chi connectivity index (χ1v) is 9.97. The molecule has 1 heterocycles. The zero-order chi connectivity index (χ0) is 17.2. The molecule has 5 nitrogen and oxygen atoms in total. The number of rotatable bonds is 8. The van der Waals surface area contributed by atoms with Gasteiger partial charge in [0.1, 0.15) is 11.9 Å². The highest BCUT2D eigenvalue weighted by molar-refractivity contribution is 7.98. The minimum Gasteiger partial charge on any atom is -0.488 e. The van der Waals surface area contributed by atoms with Crippen LogP contribution in [0.4, 0.5) is 0 Å². The second-order valence-corrected chi connectivity index (χ2v) is 6.81. The molecule has 0 radical (unpaired) electrons. The van der Waals surface area contributed by atoms with Crippen LogP contribution in [0, 0.1) is 6.92 Å². The molecule has 6 heteroatoms. The van der Waals surface area contributed by atoms with Gasteiger partial charge in [0.2, 0.25) is 0 Å². The highest BCUT2D eigenvalue weighted by Crippen LogP contribution is 2.24. The molecule has 0 amide bonds. The van der Waals surface area contributed by atoms with Crippen LogP contribution in [0.15, 0.2) is 23.2 Å². The maximum absolute atomic E-state index is 6.14. The molecule has 1 saturated heterocycles. The van der Waals surface area contributed by atoms with E-state index in [2.05, 4.69) is 48.9 Å². The average molecular weight is 352 g/mol. The van der Waals surface area contributed by atoms with E-state index in [-0.39, 0.29) is 6.10 Å². The summed E-state index contributed by atoms with van der Waals surface area (Å²) in [4.78, 5) is 4.69. The number of nitrogens with zero attached hydrogens (tertiary/aromatic N) is 1. The molecular weight excluding hydrogens is 322 g/mol. The van der Waals surface area contributed by atoms with Gasteiger partial charge in [0, 0.05) is 30.8 Å². The Morgan fingerprint density at radius 1 is 1.42 bits per heavy atom. The van der Waals surface area contributed by atoms with Crippen molar-refractivity contribution in [1.29, 1.82) is 0 Å². The third-order valence-corrected chi connectivity index (χ3v) is 4.37. The Bertz CT molecular complexity index is 531. The molecule has 1 aromatic rings. The first-order valence-electron chi connectivity index (χ1n) is 8.58. The number of hydrogen-bond acceptors (Lipinski definition) is 4. The van der Waals surface area contributed by atoms with Gasteiger partial charge in [-0.2, -0.15) is 11.8 Å². The number of aliphatic imine (C=N–C) groups is 1. The van der Waals surface area contributed by atoms with Crippen molar-refractivity contribution in [1.82, 2.24) is 10.6 Å². The van der Waals surface area contributed by atoms with Crippen molar-refractivity contribution in [2.45, 2.75) is 32.9 Å². The van der Waals surface area contributed by atoms with Gasteiger partial charge in [-0.05, 0) is 31.7 Å². The van der Waals surface area contributed by atoms with Gasteiger partial charge < -0.3 is 20.1 Å². The Morgan fingerprint density at radius 3 is 3.00 bits per heavy atom. The Labute approximate surface area is 149 Å². The van der Waals surface area contributed by atoms with E-state index in [0.717, 1.165) is 49.1 Å². The Kier molecular flexibility index (Phi) is 8.25. The minimum absolute atomic E-state index is 0.155. The maximum atomic E-state index is 6.14. The summed E-state index contributed by atoms with van der Waals surface area (Å²) >= 11 is 1.82. The first kappa shape index (κ1) is 18.9. The fourth-order valence-electron chi connectivity index (χ4n) is 2.46. The number of hydrogen-bond donors (Lipinski definition) is 2. The highest BCUT2D eigenvalue weighted by atomic mass is 32.2. The van der Waals surface area contributed by atoms with E-state index in [4.69, 9.17) is 14.5 Å². The summed E-state index contributed by atoms with van der Waals surface area (Å²) in [6.07, 6.45) is 3.21. The van der Waals surface area contributed by atoms with Crippen LogP contribution in [0.5, 0.6) is 5.75 Å². The van der Waals surface area contributed by atoms with Crippen LogP contribution in [0.25, 0.3) is 0 Å². The quantitative estimate of drug-likeness (QED) is 0.428. The lowest BCUT2D eigenvalue weighted by molar-refractivity contribution is 0.140. The standard InChI is InChI=1S/C18H29N3O2S/c1-4-19-18(20-8-10-24-3)21-12-15-6-5-14(2)11-17(15)23-16-7-9-22-13-16/h5-6,11,16H,4,7-10,12-13H2,1-3H3,(H2,19,20,21). The van der Waals surface area contributed by atoms with Gasteiger partial charge in [-0.15, -0.1) is 0 Å². The largest absolute Gasteiger partial charge is 0.488 e. The lowest BCUT2D eigenvalue weighted by Crippen LogP contribution is -2.38. The number of nitrogens with one attached hydrogen (secondary N) is 2. The Morgan fingerprint density at radius 2 is 2.29 bits per heavy atom. The van der Waals surface area contributed by atoms with Crippen LogP contribution in [-0.2, 0) is 11.3 Å². The molecule has 1 aliphatic rings. The third-order valence-electron chi connectivity index (χ3n) is 3.75. The molecule has 0 aromatic heterocycles. The van der Waals surface area contributed by atoms with Crippen molar-refractivity contribution in [2.75, 3.05) is 38.3 Å². The zero-order valence-corrected chi connectivity index (χ0v) is 15.7. The molecule has 1 unspecified atom stereocenters. The van der Waals surface area contributed by atoms with Crippen LogP contribution in [0.3, 0.4) is 0 Å². The van der Waals surface area contributed by atoms with E-state index >= 15 is 0 Å². The fraction of sp³-hybridized carbons (Fsp3) is 0.611. The molecule has 1 fully saturated rings. The number of thioether (sulfide) groups is 1. The van der Waals surface area contributed by atoms with Gasteiger partial charge in [0.05, 0.1) is 19.8 Å². The molecule has 0 bridgehead atoms. The molecule has 1 aliphatic heterocycles. The summed E-state index contributed by atoms with van der Waals surface area (Å²) in [5.41, 5.74) is 2.30. The molecular formula is C18H29N3O2S. The van der Waals surface area contributed by atoms with Crippen molar-refractivity contribution >= 4 is 17.7 Å². The Balaban J connectivity index is 2.04. The van der Waals surface area contributed by atoms with Gasteiger partial charge >= 0.3 is 0 Å². The molecule has 134 valence electrons. The second-order valence-electron chi connectivity index (χ2n) is 5.83. The van der Waals surface area contributed by atoms with Gasteiger partial charge in [-0.1, -0.05) is 12.1 Å². The SMILES string of the molecule is CCNC(=NCc1ccc(C)cc1OC1CCOC1)NCCSC. The summed E-state index contributed by atoms with van der Waals surface area (Å²) in [7, 11) is 0. The third kappa shape index (κ3) is 6.24. The lowest BCUT2D eigenvalue weighted by Gasteiger charge is -2.16. The van der Waals surface area contributed by atoms with Gasteiger partial charge in [-0.3, -0.25) is 0 Å². The van der Waals surface area contributed by atoms with Crippen LogP contribution in [0.2, 0.25) is 0 Å². The summed E-state index contributed by atoms with van der Waals surface area (Å²) in [5, 5.41) is 6.64. The van der Waals surface area contributed by atoms with E-state index in [1.165, 1.54) is 5.56 Å². The zero-order valence-electron chi connectivity index (χ0n) is 14.9. The lowest BCUT2D eigenvalue weighted by atomic mass is 10.1. The summed E-state index contributed by atoms with van der Waals surface area (Å²) in [6.45, 7) is 7.97. The van der Waals surface area contributed by atoms with Crippen molar-refractivity contribution in [2.24, 2.45) is 4.99 Å². The predicted molar refractivity (Wildman–Crippen MR) is 102 cm³/mol. The topological polar surface area (TPSA) is 54.9 Å². The van der Waals surface area contributed by atoms with Crippen LogP contribution < -0.4 is 15.4 Å². The molecule has 2 N–H and O–H groups in total. The average Bonchev–Trinajstić information content (AvgIpc) is 3.07. The maximum Gasteiger partial charge on any atom is 0.191 e. The van der Waals surface area contributed by atoms with E-state index in [0.29, 0.717) is 13.2 Å². The number of ether oxygens (including phenoxy) is 2. The van der Waals surface area contributed by atoms with Crippen molar-refractivity contribution in [3.8, 4) is 5.75 Å². The van der Waals surface area contributed by atoms with Gasteiger partial charge in [0.15, 0.2) is 5.96 Å². The monoisotopic (exact) mass is 351 g/mol. The van der Waals surface area contributed by atoms with E-state index in [1.807, 2.05) is 11.8 Å². The van der Waals surface area contributed by atoms with E-state index in [1.54, 1.807) is 0 Å². The van der Waals surface area contributed by atoms with Gasteiger partial charge in [-0.25, -0.2) is 4.99 Å². The smallest absolute Gasteiger partial charge is 0.191 e. The van der Waals surface area contributed by atoms with Crippen LogP contribution >= 0.6 is 11.8 Å². The molecule has 0 spiro atoms. The first-order chi connectivity index (χ1) is 11.7. The summed E-state index contributed by atoms with van der Waals surface area (Å²) < 4.78 is 11.5. The fourth-order valence-corrected chi connectivity index (χ4v) is 2.77. The molecule has 2 rings (SSSR count). The molecule has 0 aliphatic carbocycles. The number of benzene rings is 1. The van der Waals surface area contributed by atoms with Crippen molar-refractivity contribution < 1.29 is 9.47 Å². The summed E-state index contributed by atoms with van der Waals surface area (Å²) in [6, 6.07) is 6.31. The normalized spacial score (nSPS) is 17.8. The minimum atomic E-state index is 0.155. The summed E-state index contributed by atoms with van der Waals surface area (Å²) in [5.74, 6) is 2.84. The van der Waals surface area contributed by atoms with Crippen molar-refractivity contribution in [3.05, 3.63) is 29.3 Å². The molecule has 24 heavy (non-hydrogen) atoms. The number of guanidine groups is 1. The predicted octanol–water partition coefficient (Wildman–Crippen LogP) is 2.58. The van der Waals surface area contributed by atoms with Crippen molar-refractivity contribution in [3.63, 3.8) is 0 Å². The van der Waals surface area contributed by atoms with Gasteiger partial charge in [0.25, 0.3) is 0 Å². The Hall–Kier alpha value is -1.40. The molecule has 0 saturated carbocycles. The molecule has 1 atom stereocenters. The van der Waals surface area contributed by atoms with Crippen LogP contribution in [-0.4, -0.2) is 50.4 Å². The number of aryl methyl sites for hydroxylation is 1. The molecule has 1 aromatic carbocycles. The van der Waals surface area contributed by atoms with Crippen LogP contribution in [0.1, 0.15) is 24.5 Å². The second kappa shape index (κ2) is 10.5. The highest BCUT2D eigenvalue weighted by Gasteiger charge is 2.18. The van der Waals surface area contributed by atoms with E-state index in [9.17, 15) is 0 Å².